The molecule has 1 aliphatic carbocycles. The minimum atomic E-state index is -1.09. The van der Waals surface area contributed by atoms with Crippen LogP contribution in [0.25, 0.3) is 0 Å². The Morgan fingerprint density at radius 3 is 2.22 bits per heavy atom. The summed E-state index contributed by atoms with van der Waals surface area (Å²) in [5.74, 6) is -1.92. The molecule has 0 unspecified atom stereocenters. The molecule has 1 N–H and O–H groups in total. The largest absolute Gasteiger partial charge is 0.480 e. The number of amides is 2. The summed E-state index contributed by atoms with van der Waals surface area (Å²) in [5.41, 5.74) is 0. The maximum atomic E-state index is 12.2. The Morgan fingerprint density at radius 1 is 1.33 bits per heavy atom. The molecule has 2 fully saturated rings. The molecule has 0 aromatic rings. The number of hydrogen-bond acceptors (Lipinski definition) is 4. The van der Waals surface area contributed by atoms with Gasteiger partial charge in [-0.25, -0.2) is 4.79 Å². The number of carbonyl (C=O) groups excluding carboxylic acids is 2. The number of fused-ring (bicyclic) bond motifs is 1. The van der Waals surface area contributed by atoms with E-state index in [1.165, 1.54) is 11.8 Å². The standard InChI is InChI=1S/C12H17NO4S/c1-18-6-9(12(16)17)13-10(14)7-4-2-3-5-8(7)11(13)15/h7-9H,2-6H2,1H3,(H,16,17)/t7-,8-,9+/m0/s1. The number of hydrogen-bond donors (Lipinski definition) is 1. The van der Waals surface area contributed by atoms with E-state index in [-0.39, 0.29) is 29.4 Å². The second-order valence-corrected chi connectivity index (χ2v) is 5.76. The fraction of sp³-hybridized carbons (Fsp3) is 0.750. The molecule has 1 saturated heterocycles. The highest BCUT2D eigenvalue weighted by Crippen LogP contribution is 2.39. The normalized spacial score (nSPS) is 29.3. The van der Waals surface area contributed by atoms with Crippen molar-refractivity contribution >= 4 is 29.5 Å². The highest BCUT2D eigenvalue weighted by atomic mass is 32.2. The van der Waals surface area contributed by atoms with Crippen molar-refractivity contribution in [3.05, 3.63) is 0 Å². The zero-order valence-corrected chi connectivity index (χ0v) is 11.1. The van der Waals surface area contributed by atoms with Crippen LogP contribution in [0.15, 0.2) is 0 Å². The van der Waals surface area contributed by atoms with Gasteiger partial charge in [-0.1, -0.05) is 12.8 Å². The summed E-state index contributed by atoms with van der Waals surface area (Å²) in [7, 11) is 0. The van der Waals surface area contributed by atoms with E-state index in [0.717, 1.165) is 30.6 Å². The van der Waals surface area contributed by atoms with Crippen LogP contribution in [0.5, 0.6) is 0 Å². The van der Waals surface area contributed by atoms with Crippen LogP contribution in [0.1, 0.15) is 25.7 Å². The van der Waals surface area contributed by atoms with Crippen LogP contribution in [-0.2, 0) is 14.4 Å². The lowest BCUT2D eigenvalue weighted by Gasteiger charge is -2.22. The molecule has 0 aromatic carbocycles. The third-order valence-corrected chi connectivity index (χ3v) is 4.45. The number of carboxylic acids is 1. The van der Waals surface area contributed by atoms with E-state index in [9.17, 15) is 19.5 Å². The minimum absolute atomic E-state index is 0.256. The average Bonchev–Trinajstić information content (AvgIpc) is 2.60. The van der Waals surface area contributed by atoms with Gasteiger partial charge in [-0.3, -0.25) is 14.5 Å². The first-order chi connectivity index (χ1) is 8.57. The third kappa shape index (κ3) is 2.13. The van der Waals surface area contributed by atoms with Gasteiger partial charge < -0.3 is 5.11 Å². The molecule has 2 rings (SSSR count). The van der Waals surface area contributed by atoms with Crippen LogP contribution in [0, 0.1) is 11.8 Å². The topological polar surface area (TPSA) is 74.7 Å². The summed E-state index contributed by atoms with van der Waals surface area (Å²) in [6.07, 6.45) is 5.12. The van der Waals surface area contributed by atoms with Crippen molar-refractivity contribution in [1.82, 2.24) is 4.90 Å². The van der Waals surface area contributed by atoms with Crippen LogP contribution in [0.3, 0.4) is 0 Å². The van der Waals surface area contributed by atoms with E-state index >= 15 is 0 Å². The second kappa shape index (κ2) is 5.30. The van der Waals surface area contributed by atoms with Crippen molar-refractivity contribution in [3.63, 3.8) is 0 Å². The fourth-order valence-corrected chi connectivity index (χ4v) is 3.52. The van der Waals surface area contributed by atoms with E-state index in [2.05, 4.69) is 0 Å². The fourth-order valence-electron chi connectivity index (χ4n) is 2.91. The molecular weight excluding hydrogens is 254 g/mol. The van der Waals surface area contributed by atoms with Gasteiger partial charge in [0.2, 0.25) is 11.8 Å². The highest BCUT2D eigenvalue weighted by Gasteiger charge is 2.51. The first-order valence-corrected chi connectivity index (χ1v) is 7.56. The van der Waals surface area contributed by atoms with Gasteiger partial charge in [-0.05, 0) is 19.1 Å². The van der Waals surface area contributed by atoms with E-state index in [0.29, 0.717) is 0 Å². The maximum Gasteiger partial charge on any atom is 0.327 e. The Hall–Kier alpha value is -1.04. The molecule has 3 atom stereocenters. The zero-order chi connectivity index (χ0) is 13.3. The number of aliphatic carboxylic acids is 1. The predicted octanol–water partition coefficient (Wildman–Crippen LogP) is 0.978. The molecule has 100 valence electrons. The minimum Gasteiger partial charge on any atom is -0.480 e. The van der Waals surface area contributed by atoms with Crippen molar-refractivity contribution in [3.8, 4) is 0 Å². The van der Waals surface area contributed by atoms with Crippen molar-refractivity contribution in [1.29, 1.82) is 0 Å². The molecule has 5 nitrogen and oxygen atoms in total. The Bertz CT molecular complexity index is 360. The number of rotatable bonds is 4. The molecule has 2 amide bonds. The quantitative estimate of drug-likeness (QED) is 0.771. The summed E-state index contributed by atoms with van der Waals surface area (Å²) in [4.78, 5) is 36.6. The molecule has 6 heteroatoms. The van der Waals surface area contributed by atoms with Gasteiger partial charge >= 0.3 is 5.97 Å². The molecular formula is C12H17NO4S. The van der Waals surface area contributed by atoms with Gasteiger partial charge in [0.1, 0.15) is 6.04 Å². The molecule has 1 aliphatic heterocycles. The van der Waals surface area contributed by atoms with Gasteiger partial charge in [-0.15, -0.1) is 0 Å². The van der Waals surface area contributed by atoms with E-state index in [1.54, 1.807) is 6.26 Å². The highest BCUT2D eigenvalue weighted by molar-refractivity contribution is 7.98. The zero-order valence-electron chi connectivity index (χ0n) is 10.3. The molecule has 1 heterocycles. The number of nitrogens with zero attached hydrogens (tertiary/aromatic N) is 1. The van der Waals surface area contributed by atoms with Crippen molar-refractivity contribution in [2.24, 2.45) is 11.8 Å². The number of carboxylic acid groups (broad SMARTS) is 1. The molecule has 2 aliphatic rings. The first-order valence-electron chi connectivity index (χ1n) is 6.16. The maximum absolute atomic E-state index is 12.2. The second-order valence-electron chi connectivity index (χ2n) is 4.85. The lowest BCUT2D eigenvalue weighted by Crippen LogP contribution is -2.47. The lowest BCUT2D eigenvalue weighted by atomic mass is 9.81. The van der Waals surface area contributed by atoms with E-state index in [4.69, 9.17) is 0 Å². The smallest absolute Gasteiger partial charge is 0.327 e. The van der Waals surface area contributed by atoms with Crippen molar-refractivity contribution in [2.45, 2.75) is 31.7 Å². The monoisotopic (exact) mass is 271 g/mol. The SMILES string of the molecule is CSC[C@H](C(=O)O)N1C(=O)[C@H]2CCCC[C@@H]2C1=O. The van der Waals surface area contributed by atoms with Crippen LogP contribution >= 0.6 is 11.8 Å². The Morgan fingerprint density at radius 2 is 1.83 bits per heavy atom. The lowest BCUT2D eigenvalue weighted by molar-refractivity contribution is -0.154. The molecule has 18 heavy (non-hydrogen) atoms. The molecule has 1 saturated carbocycles. The summed E-state index contributed by atoms with van der Waals surface area (Å²) < 4.78 is 0. The summed E-state index contributed by atoms with van der Waals surface area (Å²) in [6, 6.07) is -1.01. The number of imide groups is 1. The summed E-state index contributed by atoms with van der Waals surface area (Å²) in [6.45, 7) is 0. The van der Waals surface area contributed by atoms with E-state index in [1.807, 2.05) is 0 Å². The Kier molecular flexibility index (Phi) is 3.94. The van der Waals surface area contributed by atoms with Crippen LogP contribution in [-0.4, -0.2) is 45.8 Å². The van der Waals surface area contributed by atoms with Gasteiger partial charge in [0, 0.05) is 5.75 Å². The predicted molar refractivity (Wildman–Crippen MR) is 67.1 cm³/mol. The van der Waals surface area contributed by atoms with Gasteiger partial charge in [0.15, 0.2) is 0 Å². The van der Waals surface area contributed by atoms with Gasteiger partial charge in [0.25, 0.3) is 0 Å². The Labute approximate surface area is 110 Å². The van der Waals surface area contributed by atoms with Gasteiger partial charge in [-0.2, -0.15) is 11.8 Å². The summed E-state index contributed by atoms with van der Waals surface area (Å²) in [5, 5.41) is 9.17. The third-order valence-electron chi connectivity index (χ3n) is 3.80. The van der Waals surface area contributed by atoms with Crippen molar-refractivity contribution in [2.75, 3.05) is 12.0 Å². The van der Waals surface area contributed by atoms with Crippen molar-refractivity contribution < 1.29 is 19.5 Å². The van der Waals surface area contributed by atoms with E-state index < -0.39 is 12.0 Å². The van der Waals surface area contributed by atoms with Gasteiger partial charge in [0.05, 0.1) is 11.8 Å². The summed E-state index contributed by atoms with van der Waals surface area (Å²) >= 11 is 1.34. The molecule has 0 radical (unpaired) electrons. The molecule has 0 aromatic heterocycles. The number of likely N-dealkylation sites (tertiary alicyclic amines) is 1. The van der Waals surface area contributed by atoms with Crippen LogP contribution in [0.4, 0.5) is 0 Å². The molecule has 0 bridgehead atoms. The average molecular weight is 271 g/mol. The Balaban J connectivity index is 2.24. The number of carbonyl (C=O) groups is 3. The van der Waals surface area contributed by atoms with Crippen LogP contribution in [0.2, 0.25) is 0 Å². The first kappa shape index (κ1) is 13.4. The molecule has 0 spiro atoms. The van der Waals surface area contributed by atoms with Crippen LogP contribution < -0.4 is 0 Å². The number of thioether (sulfide) groups is 1.